The van der Waals surface area contributed by atoms with Gasteiger partial charge in [0.1, 0.15) is 6.61 Å². The van der Waals surface area contributed by atoms with Crippen LogP contribution in [-0.4, -0.2) is 58.6 Å². The number of hydrogen-bond acceptors (Lipinski definition) is 5. The number of unbranched alkanes of at least 4 members (excludes halogenated alkanes) is 8. The number of hydrogen-bond donors (Lipinski definition) is 1. The van der Waals surface area contributed by atoms with Crippen molar-refractivity contribution in [2.45, 2.75) is 57.8 Å². The molecule has 0 aromatic carbocycles. The molecule has 0 unspecified atom stereocenters. The van der Waals surface area contributed by atoms with Crippen LogP contribution in [0.4, 0.5) is 0 Å². The van der Waals surface area contributed by atoms with Gasteiger partial charge in [0.05, 0.1) is 39.6 Å². The average Bonchev–Trinajstić information content (AvgIpc) is 2.63. The van der Waals surface area contributed by atoms with Gasteiger partial charge in [-0.2, -0.15) is 12.6 Å². The summed E-state index contributed by atoms with van der Waals surface area (Å²) >= 11 is 4.23. The fraction of sp³-hybridized carbons (Fsp3) is 0.900. The highest BCUT2D eigenvalue weighted by Crippen LogP contribution is 2.09. The smallest absolute Gasteiger partial charge is 0.107 e. The first-order valence-corrected chi connectivity index (χ1v) is 10.4. The number of rotatable bonds is 21. The van der Waals surface area contributed by atoms with E-state index < -0.39 is 0 Å². The van der Waals surface area contributed by atoms with Gasteiger partial charge in [0.15, 0.2) is 0 Å². The molecule has 4 nitrogen and oxygen atoms in total. The van der Waals surface area contributed by atoms with Crippen LogP contribution in [0.25, 0.3) is 0 Å². The maximum Gasteiger partial charge on any atom is 0.107 e. The van der Waals surface area contributed by atoms with Crippen molar-refractivity contribution in [1.82, 2.24) is 0 Å². The molecule has 148 valence electrons. The normalized spacial score (nSPS) is 10.9. The van der Waals surface area contributed by atoms with Crippen LogP contribution in [-0.2, 0) is 18.9 Å². The number of terminal acetylenes is 1. The zero-order valence-electron chi connectivity index (χ0n) is 15.9. The Morgan fingerprint density at radius 1 is 0.520 bits per heavy atom. The lowest BCUT2D eigenvalue weighted by Gasteiger charge is -2.07. The predicted molar refractivity (Wildman–Crippen MR) is 108 cm³/mol. The summed E-state index contributed by atoms with van der Waals surface area (Å²) in [6, 6.07) is 0. The molecule has 0 spiro atoms. The summed E-state index contributed by atoms with van der Waals surface area (Å²) in [5.74, 6) is 3.44. The second-order valence-electron chi connectivity index (χ2n) is 6.00. The van der Waals surface area contributed by atoms with Gasteiger partial charge >= 0.3 is 0 Å². The molecule has 0 saturated carbocycles. The predicted octanol–water partition coefficient (Wildman–Crippen LogP) is 4.13. The fourth-order valence-electron chi connectivity index (χ4n) is 2.34. The van der Waals surface area contributed by atoms with Gasteiger partial charge in [-0.1, -0.05) is 50.9 Å². The van der Waals surface area contributed by atoms with Crippen LogP contribution in [0.5, 0.6) is 0 Å². The molecule has 0 aromatic heterocycles. The molecule has 0 radical (unpaired) electrons. The van der Waals surface area contributed by atoms with Crippen molar-refractivity contribution in [3.05, 3.63) is 0 Å². The van der Waals surface area contributed by atoms with Gasteiger partial charge in [-0.05, 0) is 18.6 Å². The molecular weight excluding hydrogens is 336 g/mol. The highest BCUT2D eigenvalue weighted by Gasteiger charge is 1.94. The molecule has 0 aromatic rings. The Morgan fingerprint density at radius 2 is 0.920 bits per heavy atom. The van der Waals surface area contributed by atoms with Crippen molar-refractivity contribution in [1.29, 1.82) is 0 Å². The van der Waals surface area contributed by atoms with Crippen LogP contribution < -0.4 is 0 Å². The Morgan fingerprint density at radius 3 is 1.40 bits per heavy atom. The molecule has 0 heterocycles. The molecule has 0 rings (SSSR count). The van der Waals surface area contributed by atoms with Crippen LogP contribution >= 0.6 is 12.6 Å². The highest BCUT2D eigenvalue weighted by molar-refractivity contribution is 7.80. The quantitative estimate of drug-likeness (QED) is 0.186. The van der Waals surface area contributed by atoms with Gasteiger partial charge in [0, 0.05) is 6.61 Å². The van der Waals surface area contributed by atoms with Gasteiger partial charge in [-0.25, -0.2) is 0 Å². The third-order valence-corrected chi connectivity index (χ3v) is 4.06. The molecule has 5 heteroatoms. The van der Waals surface area contributed by atoms with Gasteiger partial charge < -0.3 is 18.9 Å². The van der Waals surface area contributed by atoms with Gasteiger partial charge in [-0.15, -0.1) is 6.42 Å². The zero-order valence-corrected chi connectivity index (χ0v) is 16.8. The lowest BCUT2D eigenvalue weighted by Crippen LogP contribution is -2.12. The summed E-state index contributed by atoms with van der Waals surface area (Å²) in [5.41, 5.74) is 0. The molecule has 0 saturated heterocycles. The van der Waals surface area contributed by atoms with Crippen molar-refractivity contribution >= 4 is 12.6 Å². The molecular formula is C20H38O4S. The summed E-state index contributed by atoms with van der Waals surface area (Å²) < 4.78 is 21.4. The first kappa shape index (κ1) is 24.8. The molecule has 0 atom stereocenters. The topological polar surface area (TPSA) is 36.9 Å². The summed E-state index contributed by atoms with van der Waals surface area (Å²) in [6.45, 7) is 4.73. The SMILES string of the molecule is C#CCOCCOCCOCCOCCCCCCCCCCCS. The summed E-state index contributed by atoms with van der Waals surface area (Å²) in [4.78, 5) is 0. The van der Waals surface area contributed by atoms with Crippen molar-refractivity contribution in [2.24, 2.45) is 0 Å². The highest BCUT2D eigenvalue weighted by atomic mass is 32.1. The maximum atomic E-state index is 5.57. The van der Waals surface area contributed by atoms with Crippen molar-refractivity contribution < 1.29 is 18.9 Å². The number of ether oxygens (including phenoxy) is 4. The Hall–Kier alpha value is -0.250. The van der Waals surface area contributed by atoms with E-state index in [0.29, 0.717) is 46.2 Å². The second-order valence-corrected chi connectivity index (χ2v) is 6.45. The lowest BCUT2D eigenvalue weighted by molar-refractivity contribution is 0.000914. The third-order valence-electron chi connectivity index (χ3n) is 3.75. The molecule has 0 aliphatic rings. The van der Waals surface area contributed by atoms with E-state index in [-0.39, 0.29) is 0 Å². The van der Waals surface area contributed by atoms with Crippen molar-refractivity contribution in [3.63, 3.8) is 0 Å². The second kappa shape index (κ2) is 23.8. The summed E-state index contributed by atoms with van der Waals surface area (Å²) in [7, 11) is 0. The third kappa shape index (κ3) is 23.8. The van der Waals surface area contributed by atoms with Crippen LogP contribution in [0.3, 0.4) is 0 Å². The van der Waals surface area contributed by atoms with Gasteiger partial charge in [0.2, 0.25) is 0 Å². The minimum atomic E-state index is 0.341. The largest absolute Gasteiger partial charge is 0.379 e. The zero-order chi connectivity index (χ0) is 18.3. The van der Waals surface area contributed by atoms with E-state index in [4.69, 9.17) is 25.4 Å². The van der Waals surface area contributed by atoms with E-state index in [1.54, 1.807) is 0 Å². The van der Waals surface area contributed by atoms with Gasteiger partial charge in [-0.3, -0.25) is 0 Å². The number of thiol groups is 1. The summed E-state index contributed by atoms with van der Waals surface area (Å²) in [6.07, 6.45) is 16.9. The molecule has 0 bridgehead atoms. The lowest BCUT2D eigenvalue weighted by atomic mass is 10.1. The van der Waals surface area contributed by atoms with Crippen molar-refractivity contribution in [3.8, 4) is 12.3 Å². The molecule has 0 amide bonds. The van der Waals surface area contributed by atoms with E-state index >= 15 is 0 Å². The molecule has 0 fully saturated rings. The molecule has 0 N–H and O–H groups in total. The van der Waals surface area contributed by atoms with Crippen LogP contribution in [0.2, 0.25) is 0 Å². The minimum Gasteiger partial charge on any atom is -0.379 e. The molecule has 25 heavy (non-hydrogen) atoms. The first-order chi connectivity index (χ1) is 12.4. The van der Waals surface area contributed by atoms with Crippen LogP contribution in [0, 0.1) is 12.3 Å². The minimum absolute atomic E-state index is 0.341. The standard InChI is InChI=1S/C20H38O4S/c1-2-12-21-14-16-23-18-19-24-17-15-22-13-10-8-6-4-3-5-7-9-11-20-25/h1,25H,3-20H2. The van der Waals surface area contributed by atoms with E-state index in [2.05, 4.69) is 18.5 Å². The van der Waals surface area contributed by atoms with E-state index in [1.807, 2.05) is 0 Å². The first-order valence-electron chi connectivity index (χ1n) is 9.77. The Kier molecular flexibility index (Phi) is 23.5. The monoisotopic (exact) mass is 374 g/mol. The fourth-order valence-corrected chi connectivity index (χ4v) is 2.57. The van der Waals surface area contributed by atoms with E-state index in [1.165, 1.54) is 51.4 Å². The maximum absolute atomic E-state index is 5.57. The van der Waals surface area contributed by atoms with Crippen LogP contribution in [0.15, 0.2) is 0 Å². The van der Waals surface area contributed by atoms with Gasteiger partial charge in [0.25, 0.3) is 0 Å². The Bertz CT molecular complexity index is 281. The Labute approximate surface area is 160 Å². The van der Waals surface area contributed by atoms with E-state index in [9.17, 15) is 0 Å². The summed E-state index contributed by atoms with van der Waals surface area (Å²) in [5, 5.41) is 0. The van der Waals surface area contributed by atoms with Crippen molar-refractivity contribution in [2.75, 3.05) is 58.6 Å². The average molecular weight is 375 g/mol. The van der Waals surface area contributed by atoms with Crippen LogP contribution in [0.1, 0.15) is 57.8 Å². The molecule has 0 aliphatic carbocycles. The Balaban J connectivity index is 2.95. The van der Waals surface area contributed by atoms with E-state index in [0.717, 1.165) is 18.8 Å². The molecule has 0 aliphatic heterocycles.